The Morgan fingerprint density at radius 3 is 2.48 bits per heavy atom. The van der Waals surface area contributed by atoms with Crippen molar-refractivity contribution in [3.8, 4) is 0 Å². The number of alkyl halides is 3. The maximum atomic E-state index is 12.7. The van der Waals surface area contributed by atoms with E-state index >= 15 is 0 Å². The van der Waals surface area contributed by atoms with Gasteiger partial charge in [-0.15, -0.1) is 0 Å². The van der Waals surface area contributed by atoms with E-state index in [-0.39, 0.29) is 37.3 Å². The van der Waals surface area contributed by atoms with Gasteiger partial charge in [-0.1, -0.05) is 17.7 Å². The number of hydrogen-bond donors (Lipinski definition) is 2. The Labute approximate surface area is 124 Å². The molecule has 0 heterocycles. The minimum atomic E-state index is -4.55. The zero-order valence-corrected chi connectivity index (χ0v) is 11.7. The molecule has 0 radical (unpaired) electrons. The van der Waals surface area contributed by atoms with Crippen molar-refractivity contribution in [3.05, 3.63) is 34.3 Å². The molecule has 0 aliphatic carbocycles. The maximum Gasteiger partial charge on any atom is 0.417 e. The summed E-state index contributed by atoms with van der Waals surface area (Å²) in [5.41, 5.74) is 4.41. The van der Waals surface area contributed by atoms with Crippen LogP contribution in [0.4, 0.5) is 13.2 Å². The van der Waals surface area contributed by atoms with Crippen LogP contribution in [0, 0.1) is 0 Å². The quantitative estimate of drug-likeness (QED) is 0.844. The highest BCUT2D eigenvalue weighted by molar-refractivity contribution is 6.31. The number of halogens is 4. The summed E-state index contributed by atoms with van der Waals surface area (Å²) in [6, 6.07) is 3.40. The highest BCUT2D eigenvalue weighted by Gasteiger charge is 2.33. The average Bonchev–Trinajstić information content (AvgIpc) is 2.42. The van der Waals surface area contributed by atoms with Crippen LogP contribution in [0.5, 0.6) is 0 Å². The highest BCUT2D eigenvalue weighted by atomic mass is 35.5. The Bertz CT molecular complexity index is 533. The molecule has 0 fully saturated rings. The molecule has 1 rings (SSSR count). The number of carbonyl (C=O) groups is 2. The monoisotopic (exact) mass is 322 g/mol. The van der Waals surface area contributed by atoms with Gasteiger partial charge in [0, 0.05) is 19.4 Å². The largest absolute Gasteiger partial charge is 0.417 e. The lowest BCUT2D eigenvalue weighted by Gasteiger charge is -2.11. The summed E-state index contributed by atoms with van der Waals surface area (Å²) < 4.78 is 38.0. The molecule has 21 heavy (non-hydrogen) atoms. The fourth-order valence-corrected chi connectivity index (χ4v) is 1.77. The number of Topliss-reactive ketones (excluding diaryl/α,β-unsaturated/α-hetero) is 1. The molecular weight excluding hydrogens is 309 g/mol. The van der Waals surface area contributed by atoms with E-state index in [1.54, 1.807) is 0 Å². The van der Waals surface area contributed by atoms with E-state index in [2.05, 4.69) is 5.32 Å². The SMILES string of the molecule is NCC(=O)CCC(=O)NCc1ccc(Cl)c(C(F)(F)F)c1. The summed E-state index contributed by atoms with van der Waals surface area (Å²) in [4.78, 5) is 22.4. The van der Waals surface area contributed by atoms with E-state index in [0.29, 0.717) is 0 Å². The number of carbonyl (C=O) groups excluding carboxylic acids is 2. The van der Waals surface area contributed by atoms with Crippen molar-refractivity contribution in [2.24, 2.45) is 5.73 Å². The van der Waals surface area contributed by atoms with Crippen LogP contribution in [-0.4, -0.2) is 18.2 Å². The lowest BCUT2D eigenvalue weighted by Crippen LogP contribution is -2.24. The minimum Gasteiger partial charge on any atom is -0.352 e. The molecular formula is C13H14ClF3N2O2. The molecule has 3 N–H and O–H groups in total. The Morgan fingerprint density at radius 2 is 1.90 bits per heavy atom. The van der Waals surface area contributed by atoms with Crippen LogP contribution in [0.25, 0.3) is 0 Å². The van der Waals surface area contributed by atoms with Crippen LogP contribution < -0.4 is 11.1 Å². The second-order valence-electron chi connectivity index (χ2n) is 4.33. The van der Waals surface area contributed by atoms with Crippen molar-refractivity contribution < 1.29 is 22.8 Å². The summed E-state index contributed by atoms with van der Waals surface area (Å²) in [7, 11) is 0. The van der Waals surface area contributed by atoms with E-state index in [4.69, 9.17) is 17.3 Å². The first-order valence-corrected chi connectivity index (χ1v) is 6.46. The summed E-state index contributed by atoms with van der Waals surface area (Å²) >= 11 is 5.49. The molecule has 0 aliphatic heterocycles. The molecule has 0 unspecified atom stereocenters. The Balaban J connectivity index is 2.60. The number of amides is 1. The number of benzene rings is 1. The first-order chi connectivity index (χ1) is 9.74. The van der Waals surface area contributed by atoms with Crippen LogP contribution in [0.3, 0.4) is 0 Å². The summed E-state index contributed by atoms with van der Waals surface area (Å²) in [6.07, 6.45) is -4.59. The van der Waals surface area contributed by atoms with Gasteiger partial charge >= 0.3 is 6.18 Å². The van der Waals surface area contributed by atoms with Gasteiger partial charge in [0.25, 0.3) is 0 Å². The third-order valence-corrected chi connectivity index (χ3v) is 3.01. The van der Waals surface area contributed by atoms with Gasteiger partial charge in [-0.3, -0.25) is 9.59 Å². The maximum absolute atomic E-state index is 12.7. The number of rotatable bonds is 6. The van der Waals surface area contributed by atoms with Gasteiger partial charge in [-0.05, 0) is 17.7 Å². The predicted molar refractivity (Wildman–Crippen MR) is 71.6 cm³/mol. The number of ketones is 1. The van der Waals surface area contributed by atoms with Gasteiger partial charge in [0.2, 0.25) is 5.91 Å². The topological polar surface area (TPSA) is 72.2 Å². The smallest absolute Gasteiger partial charge is 0.352 e. The normalized spacial score (nSPS) is 11.3. The Hall–Kier alpha value is -1.60. The molecule has 1 aromatic rings. The number of hydrogen-bond acceptors (Lipinski definition) is 3. The van der Waals surface area contributed by atoms with E-state index in [0.717, 1.165) is 12.1 Å². The van der Waals surface area contributed by atoms with Crippen molar-refractivity contribution in [1.82, 2.24) is 5.32 Å². The van der Waals surface area contributed by atoms with Crippen molar-refractivity contribution in [2.45, 2.75) is 25.6 Å². The van der Waals surface area contributed by atoms with E-state index in [9.17, 15) is 22.8 Å². The Kier molecular flexibility index (Phi) is 6.17. The van der Waals surface area contributed by atoms with Gasteiger partial charge in [-0.2, -0.15) is 13.2 Å². The summed E-state index contributed by atoms with van der Waals surface area (Å²) in [6.45, 7) is -0.213. The number of nitrogens with one attached hydrogen (secondary N) is 1. The third kappa shape index (κ3) is 5.73. The number of nitrogens with two attached hydrogens (primary N) is 1. The Morgan fingerprint density at radius 1 is 1.24 bits per heavy atom. The van der Waals surface area contributed by atoms with Crippen molar-refractivity contribution in [3.63, 3.8) is 0 Å². The first kappa shape index (κ1) is 17.5. The second kappa shape index (κ2) is 7.42. The fraction of sp³-hybridized carbons (Fsp3) is 0.385. The third-order valence-electron chi connectivity index (χ3n) is 2.68. The predicted octanol–water partition coefficient (Wildman–Crippen LogP) is 2.28. The zero-order valence-electron chi connectivity index (χ0n) is 11.0. The van der Waals surface area contributed by atoms with Gasteiger partial charge in [0.1, 0.15) is 5.78 Å². The minimum absolute atomic E-state index is 0.0107. The molecule has 0 atom stereocenters. The molecule has 1 aromatic carbocycles. The highest BCUT2D eigenvalue weighted by Crippen LogP contribution is 2.35. The molecule has 0 saturated heterocycles. The zero-order chi connectivity index (χ0) is 16.0. The molecule has 8 heteroatoms. The molecule has 4 nitrogen and oxygen atoms in total. The second-order valence-corrected chi connectivity index (χ2v) is 4.74. The van der Waals surface area contributed by atoms with Crippen LogP contribution in [-0.2, 0) is 22.3 Å². The van der Waals surface area contributed by atoms with E-state index < -0.39 is 22.7 Å². The molecule has 116 valence electrons. The van der Waals surface area contributed by atoms with Crippen molar-refractivity contribution in [2.75, 3.05) is 6.54 Å². The van der Waals surface area contributed by atoms with Crippen LogP contribution in [0.15, 0.2) is 18.2 Å². The van der Waals surface area contributed by atoms with Gasteiger partial charge < -0.3 is 11.1 Å². The first-order valence-electron chi connectivity index (χ1n) is 6.08. The average molecular weight is 323 g/mol. The molecule has 1 amide bonds. The molecule has 0 aromatic heterocycles. The van der Waals surface area contributed by atoms with Gasteiger partial charge in [0.05, 0.1) is 17.1 Å². The van der Waals surface area contributed by atoms with Crippen LogP contribution in [0.2, 0.25) is 5.02 Å². The van der Waals surface area contributed by atoms with Crippen LogP contribution >= 0.6 is 11.6 Å². The lowest BCUT2D eigenvalue weighted by atomic mass is 10.1. The molecule has 0 saturated carbocycles. The molecule has 0 bridgehead atoms. The van der Waals surface area contributed by atoms with Crippen molar-refractivity contribution >= 4 is 23.3 Å². The fourth-order valence-electron chi connectivity index (χ4n) is 1.54. The summed E-state index contributed by atoms with van der Waals surface area (Å²) in [5.74, 6) is -0.684. The molecule has 0 spiro atoms. The lowest BCUT2D eigenvalue weighted by molar-refractivity contribution is -0.137. The van der Waals surface area contributed by atoms with E-state index in [1.807, 2.05) is 0 Å². The van der Waals surface area contributed by atoms with Gasteiger partial charge in [-0.25, -0.2) is 0 Å². The van der Waals surface area contributed by atoms with Crippen molar-refractivity contribution in [1.29, 1.82) is 0 Å². The summed E-state index contributed by atoms with van der Waals surface area (Å²) in [5, 5.41) is 2.04. The van der Waals surface area contributed by atoms with Crippen LogP contribution in [0.1, 0.15) is 24.0 Å². The van der Waals surface area contributed by atoms with Gasteiger partial charge in [0.15, 0.2) is 0 Å². The molecule has 0 aliphatic rings. The standard InChI is InChI=1S/C13H14ClF3N2O2/c14-11-3-1-8(5-10(11)13(15,16)17)7-19-12(21)4-2-9(20)6-18/h1,3,5H,2,4,6-7,18H2,(H,19,21). The van der Waals surface area contributed by atoms with E-state index in [1.165, 1.54) is 6.07 Å².